The van der Waals surface area contributed by atoms with Gasteiger partial charge in [0.05, 0.1) is 0 Å². The molecule has 2 aromatic rings. The van der Waals surface area contributed by atoms with E-state index in [0.717, 1.165) is 48.8 Å². The molecule has 1 saturated carbocycles. The zero-order chi connectivity index (χ0) is 22.6. The van der Waals surface area contributed by atoms with Crippen LogP contribution in [0, 0.1) is 6.92 Å². The maximum absolute atomic E-state index is 12.5. The third-order valence-electron chi connectivity index (χ3n) is 5.30. The van der Waals surface area contributed by atoms with Crippen LogP contribution in [0.3, 0.4) is 0 Å². The Bertz CT molecular complexity index is 910. The van der Waals surface area contributed by atoms with E-state index in [-0.39, 0.29) is 17.6 Å². The number of alkyl halides is 3. The van der Waals surface area contributed by atoms with Crippen LogP contribution >= 0.6 is 0 Å². The number of benzene rings is 1. The summed E-state index contributed by atoms with van der Waals surface area (Å²) in [6.45, 7) is 2.02. The Morgan fingerprint density at radius 3 is 2.45 bits per heavy atom. The van der Waals surface area contributed by atoms with Crippen LogP contribution in [0.15, 0.2) is 36.5 Å². The van der Waals surface area contributed by atoms with Crippen LogP contribution in [0.1, 0.15) is 41.6 Å². The Morgan fingerprint density at radius 1 is 1.13 bits per heavy atom. The minimum absolute atomic E-state index is 0.0268. The lowest BCUT2D eigenvalue weighted by Crippen LogP contribution is -2.40. The van der Waals surface area contributed by atoms with E-state index in [0.29, 0.717) is 0 Å². The van der Waals surface area contributed by atoms with Crippen molar-refractivity contribution in [3.05, 3.63) is 47.7 Å². The van der Waals surface area contributed by atoms with Crippen LogP contribution < -0.4 is 20.3 Å². The second-order valence-electron chi connectivity index (χ2n) is 7.99. The van der Waals surface area contributed by atoms with E-state index < -0.39 is 18.0 Å². The van der Waals surface area contributed by atoms with E-state index in [1.54, 1.807) is 0 Å². The molecule has 3 rings (SSSR count). The van der Waals surface area contributed by atoms with Crippen molar-refractivity contribution in [3.63, 3.8) is 0 Å². The van der Waals surface area contributed by atoms with Gasteiger partial charge in [0, 0.05) is 49.7 Å². The molecule has 168 valence electrons. The highest BCUT2D eigenvalue weighted by Gasteiger charge is 2.31. The lowest BCUT2D eigenvalue weighted by atomic mass is 9.91. The van der Waals surface area contributed by atoms with Gasteiger partial charge in [-0.25, -0.2) is 4.98 Å². The lowest BCUT2D eigenvalue weighted by Gasteiger charge is -2.30. The second-order valence-corrected chi connectivity index (χ2v) is 7.99. The largest absolute Gasteiger partial charge is 0.573 e. The first-order chi connectivity index (χ1) is 14.6. The normalized spacial score (nSPS) is 18.9. The highest BCUT2D eigenvalue weighted by atomic mass is 19.4. The van der Waals surface area contributed by atoms with Crippen molar-refractivity contribution in [1.82, 2.24) is 10.3 Å². The number of aryl methyl sites for hydroxylation is 1. The number of amides is 1. The number of ether oxygens (including phenoxy) is 1. The van der Waals surface area contributed by atoms with E-state index in [1.165, 1.54) is 18.2 Å². The number of halogens is 3. The number of rotatable bonds is 6. The van der Waals surface area contributed by atoms with Crippen molar-refractivity contribution in [3.8, 4) is 5.75 Å². The van der Waals surface area contributed by atoms with Gasteiger partial charge in [-0.05, 0) is 56.4 Å². The Hall–Kier alpha value is -2.97. The number of pyridine rings is 1. The standard InChI is InChI=1S/C22H27F3N4O2/c1-14-13-26-20(12-19(14)29(2)3)27-16-7-9-17(10-8-16)28-21(30)15-5-4-6-18(11-15)31-22(23,24)25/h4-6,11-13,16-17H,7-10H2,1-3H3,(H,26,27)(H,28,30)/t16-,17+. The van der Waals surface area contributed by atoms with Gasteiger partial charge < -0.3 is 20.3 Å². The minimum atomic E-state index is -4.79. The average Bonchev–Trinajstić information content (AvgIpc) is 2.69. The number of nitrogens with one attached hydrogen (secondary N) is 2. The maximum atomic E-state index is 12.5. The molecule has 31 heavy (non-hydrogen) atoms. The molecular weight excluding hydrogens is 409 g/mol. The van der Waals surface area contributed by atoms with Gasteiger partial charge in [0.15, 0.2) is 0 Å². The van der Waals surface area contributed by atoms with Gasteiger partial charge in [-0.3, -0.25) is 4.79 Å². The van der Waals surface area contributed by atoms with Gasteiger partial charge in [0.1, 0.15) is 11.6 Å². The van der Waals surface area contributed by atoms with Gasteiger partial charge >= 0.3 is 6.36 Å². The Balaban J connectivity index is 1.52. The molecule has 2 N–H and O–H groups in total. The number of carbonyl (C=O) groups excluding carboxylic acids is 1. The third-order valence-corrected chi connectivity index (χ3v) is 5.30. The fourth-order valence-electron chi connectivity index (χ4n) is 3.77. The fraction of sp³-hybridized carbons (Fsp3) is 0.455. The van der Waals surface area contributed by atoms with E-state index in [1.807, 2.05) is 38.2 Å². The monoisotopic (exact) mass is 436 g/mol. The highest BCUT2D eigenvalue weighted by Crippen LogP contribution is 2.26. The first-order valence-corrected chi connectivity index (χ1v) is 10.2. The molecule has 6 nitrogen and oxygen atoms in total. The Morgan fingerprint density at radius 2 is 1.81 bits per heavy atom. The maximum Gasteiger partial charge on any atom is 0.573 e. The van der Waals surface area contributed by atoms with Crippen molar-refractivity contribution in [2.45, 2.75) is 51.1 Å². The smallest absolute Gasteiger partial charge is 0.406 e. The summed E-state index contributed by atoms with van der Waals surface area (Å²) in [7, 11) is 3.98. The SMILES string of the molecule is Cc1cnc(N[C@H]2CC[C@@H](NC(=O)c3cccc(OC(F)(F)F)c3)CC2)cc1N(C)C. The minimum Gasteiger partial charge on any atom is -0.406 e. The van der Waals surface area contributed by atoms with Crippen LogP contribution in [0.5, 0.6) is 5.75 Å². The van der Waals surface area contributed by atoms with Crippen molar-refractivity contribution in [1.29, 1.82) is 0 Å². The quantitative estimate of drug-likeness (QED) is 0.698. The molecule has 0 spiro atoms. The van der Waals surface area contributed by atoms with Crippen LogP contribution in [-0.2, 0) is 0 Å². The average molecular weight is 436 g/mol. The van der Waals surface area contributed by atoms with Gasteiger partial charge in [-0.15, -0.1) is 13.2 Å². The number of aromatic nitrogens is 1. The lowest BCUT2D eigenvalue weighted by molar-refractivity contribution is -0.274. The van der Waals surface area contributed by atoms with Gasteiger partial charge in [0.2, 0.25) is 0 Å². The van der Waals surface area contributed by atoms with Gasteiger partial charge in [0.25, 0.3) is 5.91 Å². The van der Waals surface area contributed by atoms with Crippen LogP contribution in [0.25, 0.3) is 0 Å². The van der Waals surface area contributed by atoms with Crippen LogP contribution in [-0.4, -0.2) is 43.4 Å². The molecule has 1 aliphatic carbocycles. The summed E-state index contributed by atoms with van der Waals surface area (Å²) in [5.74, 6) is 0.0128. The fourth-order valence-corrected chi connectivity index (χ4v) is 3.77. The molecule has 1 fully saturated rings. The van der Waals surface area contributed by atoms with Gasteiger partial charge in [-0.1, -0.05) is 6.07 Å². The second kappa shape index (κ2) is 9.45. The number of hydrogen-bond acceptors (Lipinski definition) is 5. The van der Waals surface area contributed by atoms with E-state index in [2.05, 4.69) is 20.4 Å². The summed E-state index contributed by atoms with van der Waals surface area (Å²) in [6.07, 6.45) is 0.313. The molecule has 0 unspecified atom stereocenters. The molecular formula is C22H27F3N4O2. The molecule has 1 aromatic carbocycles. The predicted octanol–water partition coefficient (Wildman–Crippen LogP) is 4.51. The molecule has 1 aliphatic rings. The topological polar surface area (TPSA) is 66.5 Å². The first kappa shape index (κ1) is 22.7. The molecule has 0 atom stereocenters. The molecule has 1 heterocycles. The van der Waals surface area contributed by atoms with Gasteiger partial charge in [-0.2, -0.15) is 0 Å². The van der Waals surface area contributed by atoms with E-state index >= 15 is 0 Å². The number of anilines is 2. The summed E-state index contributed by atoms with van der Waals surface area (Å²) in [4.78, 5) is 19.0. The first-order valence-electron chi connectivity index (χ1n) is 10.2. The van der Waals surface area contributed by atoms with Crippen molar-refractivity contribution in [2.75, 3.05) is 24.3 Å². The molecule has 1 aromatic heterocycles. The molecule has 0 aliphatic heterocycles. The zero-order valence-corrected chi connectivity index (χ0v) is 17.8. The Labute approximate surface area is 179 Å². The summed E-state index contributed by atoms with van der Waals surface area (Å²) in [5.41, 5.74) is 2.35. The number of carbonyl (C=O) groups is 1. The molecule has 0 saturated heterocycles. The molecule has 9 heteroatoms. The summed E-state index contributed by atoms with van der Waals surface area (Å²) < 4.78 is 41.0. The van der Waals surface area contributed by atoms with Crippen molar-refractivity contribution < 1.29 is 22.7 Å². The van der Waals surface area contributed by atoms with E-state index in [4.69, 9.17) is 0 Å². The molecule has 1 amide bonds. The summed E-state index contributed by atoms with van der Waals surface area (Å²) in [6, 6.07) is 7.36. The van der Waals surface area contributed by atoms with Crippen LogP contribution in [0.2, 0.25) is 0 Å². The highest BCUT2D eigenvalue weighted by molar-refractivity contribution is 5.94. The summed E-state index contributed by atoms with van der Waals surface area (Å²) in [5, 5.41) is 6.38. The third kappa shape index (κ3) is 6.50. The van der Waals surface area contributed by atoms with E-state index in [9.17, 15) is 18.0 Å². The number of hydrogen-bond donors (Lipinski definition) is 2. The molecule has 0 radical (unpaired) electrons. The number of nitrogens with zero attached hydrogens (tertiary/aromatic N) is 2. The van der Waals surface area contributed by atoms with Crippen molar-refractivity contribution in [2.24, 2.45) is 0 Å². The molecule has 0 bridgehead atoms. The zero-order valence-electron chi connectivity index (χ0n) is 17.8. The predicted molar refractivity (Wildman–Crippen MR) is 114 cm³/mol. The summed E-state index contributed by atoms with van der Waals surface area (Å²) >= 11 is 0. The van der Waals surface area contributed by atoms with Crippen molar-refractivity contribution >= 4 is 17.4 Å². The Kier molecular flexibility index (Phi) is 6.92. The van der Waals surface area contributed by atoms with Crippen LogP contribution in [0.4, 0.5) is 24.7 Å².